The van der Waals surface area contributed by atoms with E-state index in [1.165, 1.54) is 36.0 Å². The molecule has 0 aliphatic rings. The molecule has 0 aromatic heterocycles. The lowest BCUT2D eigenvalue weighted by atomic mass is 10.1. The van der Waals surface area contributed by atoms with Crippen LogP contribution in [0.4, 0.5) is 4.39 Å². The van der Waals surface area contributed by atoms with E-state index in [1.54, 1.807) is 31.2 Å². The lowest BCUT2D eigenvalue weighted by molar-refractivity contribution is -0.120. The van der Waals surface area contributed by atoms with Crippen LogP contribution in [-0.2, 0) is 21.2 Å². The predicted octanol–water partition coefficient (Wildman–Crippen LogP) is 2.31. The molecule has 8 heteroatoms. The molecule has 0 spiro atoms. The highest BCUT2D eigenvalue weighted by molar-refractivity contribution is 8.00. The Labute approximate surface area is 150 Å². The van der Waals surface area contributed by atoms with Crippen molar-refractivity contribution in [1.29, 1.82) is 0 Å². The summed E-state index contributed by atoms with van der Waals surface area (Å²) in [4.78, 5) is 13.0. The lowest BCUT2D eigenvalue weighted by Crippen LogP contribution is -2.32. The van der Waals surface area contributed by atoms with Gasteiger partial charge in [0, 0.05) is 11.4 Å². The standard InChI is InChI=1S/C17H19FN2O3S2/c1-12(24-15-6-4-14(18)5-7-15)17(21)20-11-10-13-2-8-16(9-3-13)25(19,22)23/h2-9,12H,10-11H2,1H3,(H,20,21)(H2,19,22,23)/t12-/m0/s1. The molecule has 2 aromatic carbocycles. The van der Waals surface area contributed by atoms with Crippen LogP contribution < -0.4 is 10.5 Å². The molecule has 0 aliphatic heterocycles. The minimum Gasteiger partial charge on any atom is -0.355 e. The van der Waals surface area contributed by atoms with Gasteiger partial charge in [0.1, 0.15) is 5.82 Å². The number of halogens is 1. The highest BCUT2D eigenvalue weighted by atomic mass is 32.2. The van der Waals surface area contributed by atoms with Crippen molar-refractivity contribution in [3.8, 4) is 0 Å². The van der Waals surface area contributed by atoms with Gasteiger partial charge in [-0.25, -0.2) is 17.9 Å². The Bertz CT molecular complexity index is 822. The van der Waals surface area contributed by atoms with Crippen LogP contribution in [0.25, 0.3) is 0 Å². The molecule has 0 bridgehead atoms. The molecule has 0 saturated carbocycles. The van der Waals surface area contributed by atoms with Crippen LogP contribution in [0.15, 0.2) is 58.3 Å². The number of hydrogen-bond acceptors (Lipinski definition) is 4. The first-order chi connectivity index (χ1) is 11.8. The van der Waals surface area contributed by atoms with Gasteiger partial charge in [-0.3, -0.25) is 4.79 Å². The first-order valence-corrected chi connectivity index (χ1v) is 10.00. The zero-order valence-electron chi connectivity index (χ0n) is 13.6. The molecule has 25 heavy (non-hydrogen) atoms. The zero-order chi connectivity index (χ0) is 18.4. The Hall–Kier alpha value is -1.90. The summed E-state index contributed by atoms with van der Waals surface area (Å²) in [5.41, 5.74) is 0.895. The van der Waals surface area contributed by atoms with Crippen molar-refractivity contribution < 1.29 is 17.6 Å². The van der Waals surface area contributed by atoms with Crippen LogP contribution in [0.2, 0.25) is 0 Å². The van der Waals surface area contributed by atoms with E-state index in [2.05, 4.69) is 5.32 Å². The molecule has 1 amide bonds. The molecule has 1 atom stereocenters. The fourth-order valence-electron chi connectivity index (χ4n) is 2.09. The largest absolute Gasteiger partial charge is 0.355 e. The number of carbonyl (C=O) groups excluding carboxylic acids is 1. The van der Waals surface area contributed by atoms with Gasteiger partial charge in [-0.2, -0.15) is 0 Å². The van der Waals surface area contributed by atoms with Gasteiger partial charge in [-0.1, -0.05) is 12.1 Å². The highest BCUT2D eigenvalue weighted by Gasteiger charge is 2.14. The van der Waals surface area contributed by atoms with Gasteiger partial charge >= 0.3 is 0 Å². The molecule has 0 saturated heterocycles. The first-order valence-electron chi connectivity index (χ1n) is 7.57. The molecule has 0 aliphatic carbocycles. The fourth-order valence-corrected chi connectivity index (χ4v) is 3.50. The third-order valence-electron chi connectivity index (χ3n) is 3.46. The number of hydrogen-bond donors (Lipinski definition) is 2. The maximum atomic E-state index is 12.9. The van der Waals surface area contributed by atoms with E-state index < -0.39 is 10.0 Å². The summed E-state index contributed by atoms with van der Waals surface area (Å²) >= 11 is 1.35. The number of benzene rings is 2. The maximum Gasteiger partial charge on any atom is 0.238 e. The average Bonchev–Trinajstić information content (AvgIpc) is 2.56. The molecule has 3 N–H and O–H groups in total. The summed E-state index contributed by atoms with van der Waals surface area (Å²) in [6, 6.07) is 12.2. The number of nitrogens with one attached hydrogen (secondary N) is 1. The Morgan fingerprint density at radius 1 is 1.16 bits per heavy atom. The molecule has 5 nitrogen and oxygen atoms in total. The van der Waals surface area contributed by atoms with Gasteiger partial charge in [0.2, 0.25) is 15.9 Å². The summed E-state index contributed by atoms with van der Waals surface area (Å²) in [6.07, 6.45) is 0.574. The van der Waals surface area contributed by atoms with Crippen molar-refractivity contribution >= 4 is 27.7 Å². The fraction of sp³-hybridized carbons (Fsp3) is 0.235. The quantitative estimate of drug-likeness (QED) is 0.719. The molecule has 0 unspecified atom stereocenters. The third-order valence-corrected chi connectivity index (χ3v) is 5.50. The van der Waals surface area contributed by atoms with Crippen molar-refractivity contribution in [3.05, 3.63) is 59.9 Å². The topological polar surface area (TPSA) is 89.3 Å². The molecule has 134 valence electrons. The lowest BCUT2D eigenvalue weighted by Gasteiger charge is -2.12. The number of thioether (sulfide) groups is 1. The summed E-state index contributed by atoms with van der Waals surface area (Å²) < 4.78 is 35.2. The van der Waals surface area contributed by atoms with Crippen LogP contribution >= 0.6 is 11.8 Å². The number of sulfonamides is 1. The molecule has 0 heterocycles. The smallest absolute Gasteiger partial charge is 0.238 e. The van der Waals surface area contributed by atoms with E-state index in [9.17, 15) is 17.6 Å². The van der Waals surface area contributed by atoms with Gasteiger partial charge in [-0.15, -0.1) is 11.8 Å². The monoisotopic (exact) mass is 382 g/mol. The summed E-state index contributed by atoms with van der Waals surface area (Å²) in [7, 11) is -3.69. The Kier molecular flexibility index (Phi) is 6.57. The van der Waals surface area contributed by atoms with Crippen LogP contribution in [0, 0.1) is 5.82 Å². The van der Waals surface area contributed by atoms with Gasteiger partial charge < -0.3 is 5.32 Å². The van der Waals surface area contributed by atoms with Crippen molar-refractivity contribution in [2.24, 2.45) is 5.14 Å². The number of rotatable bonds is 7. The van der Waals surface area contributed by atoms with Crippen molar-refractivity contribution in [1.82, 2.24) is 5.32 Å². The summed E-state index contributed by atoms with van der Waals surface area (Å²) in [5.74, 6) is -0.426. The Morgan fingerprint density at radius 2 is 1.76 bits per heavy atom. The minimum atomic E-state index is -3.69. The molecule has 0 radical (unpaired) electrons. The minimum absolute atomic E-state index is 0.0598. The predicted molar refractivity (Wildman–Crippen MR) is 96.2 cm³/mol. The van der Waals surface area contributed by atoms with E-state index in [1.807, 2.05) is 0 Å². The van der Waals surface area contributed by atoms with E-state index in [0.717, 1.165) is 10.5 Å². The van der Waals surface area contributed by atoms with Crippen LogP contribution in [-0.4, -0.2) is 26.1 Å². The van der Waals surface area contributed by atoms with E-state index in [-0.39, 0.29) is 21.9 Å². The summed E-state index contributed by atoms with van der Waals surface area (Å²) in [6.45, 7) is 2.21. The molecular formula is C17H19FN2O3S2. The second kappa shape index (κ2) is 8.46. The highest BCUT2D eigenvalue weighted by Crippen LogP contribution is 2.23. The van der Waals surface area contributed by atoms with Gasteiger partial charge in [0.15, 0.2) is 0 Å². The van der Waals surface area contributed by atoms with E-state index in [0.29, 0.717) is 13.0 Å². The number of amides is 1. The average molecular weight is 382 g/mol. The second-order valence-electron chi connectivity index (χ2n) is 5.44. The van der Waals surface area contributed by atoms with Crippen LogP contribution in [0.5, 0.6) is 0 Å². The Morgan fingerprint density at radius 3 is 2.32 bits per heavy atom. The Balaban J connectivity index is 1.80. The maximum absolute atomic E-state index is 12.9. The van der Waals surface area contributed by atoms with Crippen LogP contribution in [0.3, 0.4) is 0 Å². The summed E-state index contributed by atoms with van der Waals surface area (Å²) in [5, 5.41) is 7.56. The van der Waals surface area contributed by atoms with E-state index >= 15 is 0 Å². The SMILES string of the molecule is C[C@H](Sc1ccc(F)cc1)C(=O)NCCc1ccc(S(N)(=O)=O)cc1. The van der Waals surface area contributed by atoms with Crippen molar-refractivity contribution in [2.45, 2.75) is 28.4 Å². The molecular weight excluding hydrogens is 363 g/mol. The van der Waals surface area contributed by atoms with Crippen molar-refractivity contribution in [2.75, 3.05) is 6.54 Å². The van der Waals surface area contributed by atoms with Gasteiger partial charge in [0.25, 0.3) is 0 Å². The van der Waals surface area contributed by atoms with Crippen LogP contribution in [0.1, 0.15) is 12.5 Å². The zero-order valence-corrected chi connectivity index (χ0v) is 15.2. The third kappa shape index (κ3) is 6.15. The number of nitrogens with two attached hydrogens (primary N) is 1. The van der Waals surface area contributed by atoms with Gasteiger partial charge in [-0.05, 0) is 55.3 Å². The molecule has 2 rings (SSSR count). The number of primary sulfonamides is 1. The van der Waals surface area contributed by atoms with E-state index in [4.69, 9.17) is 5.14 Å². The van der Waals surface area contributed by atoms with Gasteiger partial charge in [0.05, 0.1) is 10.1 Å². The molecule has 0 fully saturated rings. The first kappa shape index (κ1) is 19.4. The second-order valence-corrected chi connectivity index (χ2v) is 8.42. The molecule has 2 aromatic rings. The normalized spacial score (nSPS) is 12.6. The number of carbonyl (C=O) groups is 1. The van der Waals surface area contributed by atoms with Crippen molar-refractivity contribution in [3.63, 3.8) is 0 Å².